The number of hydrogen-bond acceptors (Lipinski definition) is 18. The van der Waals surface area contributed by atoms with Gasteiger partial charge >= 0.3 is 5.97 Å². The monoisotopic (exact) mass is 804 g/mol. The Balaban J connectivity index is 1.35. The van der Waals surface area contributed by atoms with E-state index in [-0.39, 0.29) is 22.7 Å². The van der Waals surface area contributed by atoms with E-state index in [1.165, 1.54) is 0 Å². The van der Waals surface area contributed by atoms with Gasteiger partial charge in [-0.05, 0) is 86.5 Å². The minimum absolute atomic E-state index is 0.0646. The van der Waals surface area contributed by atoms with Gasteiger partial charge in [-0.3, -0.25) is 4.79 Å². The maximum Gasteiger partial charge on any atom is 0.314 e. The van der Waals surface area contributed by atoms with Crippen LogP contribution >= 0.6 is 0 Å². The van der Waals surface area contributed by atoms with Crippen molar-refractivity contribution >= 4 is 5.97 Å². The molecule has 1 saturated heterocycles. The Kier molecular flexibility index (Phi) is 13.5. The predicted octanol–water partition coefficient (Wildman–Crippen LogP) is -0.325. The molecule has 56 heavy (non-hydrogen) atoms. The molecule has 0 aromatic rings. The molecule has 5 rings (SSSR count). The summed E-state index contributed by atoms with van der Waals surface area (Å²) >= 11 is 0. The van der Waals surface area contributed by atoms with Crippen LogP contribution in [-0.2, 0) is 23.7 Å². The molecule has 0 amide bonds. The minimum Gasteiger partial charge on any atom is -0.506 e. The Labute approximate surface area is 324 Å². The molecule has 0 radical (unpaired) electrons. The van der Waals surface area contributed by atoms with E-state index >= 15 is 0 Å². The summed E-state index contributed by atoms with van der Waals surface area (Å²) in [6, 6.07) is 0. The number of ether oxygens (including phenoxy) is 4. The van der Waals surface area contributed by atoms with Crippen molar-refractivity contribution in [1.82, 2.24) is 0 Å². The Bertz CT molecular complexity index is 1500. The summed E-state index contributed by atoms with van der Waals surface area (Å²) in [6.45, 7) is 6.46. The van der Waals surface area contributed by atoms with Gasteiger partial charge < -0.3 is 85.3 Å². The fourth-order valence-electron chi connectivity index (χ4n) is 10.8. The molecule has 18 heteroatoms. The van der Waals surface area contributed by atoms with E-state index in [0.29, 0.717) is 56.9 Å². The molecule has 320 valence electrons. The smallest absolute Gasteiger partial charge is 0.314 e. The number of carbonyl (C=O) groups excluding carboxylic acids is 1. The second-order valence-corrected chi connectivity index (χ2v) is 16.9. The summed E-state index contributed by atoms with van der Waals surface area (Å²) in [6.07, 6.45) is -11.8. The third-order valence-corrected chi connectivity index (χ3v) is 13.6. The molecule has 4 saturated carbocycles. The standard InChI is InChI=1S/C38H60O18/c1-18-15-37-11-5-22-35(2,9-4-10-36(22,3)34(52)55-33-28(48)26(46)25(45)21(16-41)53-33)23(37)6-12-38(18,17-37)56-32(51)29(49)30(20(43)8-14-40)54-31(50)27(47)24(44)19(42)7-13-39/h19-23,25-26,28,31-33,39-51H,1,4-17H2,2-3H3/b27-24+,30-29+/t19?,20?,21?,22?,23-,25?,26?,28?,31?,32?,33?,35+,36+,37+,38-/m0/s1. The van der Waals surface area contributed by atoms with E-state index in [9.17, 15) is 66.1 Å². The summed E-state index contributed by atoms with van der Waals surface area (Å²) < 4.78 is 22.5. The number of aliphatic hydroxyl groups is 13. The first kappa shape index (κ1) is 44.5. The second-order valence-electron chi connectivity index (χ2n) is 16.9. The van der Waals surface area contributed by atoms with Gasteiger partial charge in [-0.1, -0.05) is 19.9 Å². The van der Waals surface area contributed by atoms with Crippen LogP contribution in [0.25, 0.3) is 0 Å². The van der Waals surface area contributed by atoms with Crippen LogP contribution in [0.2, 0.25) is 0 Å². The third kappa shape index (κ3) is 7.80. The second kappa shape index (κ2) is 16.9. The van der Waals surface area contributed by atoms with Crippen molar-refractivity contribution in [3.05, 3.63) is 35.2 Å². The topological polar surface area (TPSA) is 317 Å². The largest absolute Gasteiger partial charge is 0.506 e. The first-order chi connectivity index (χ1) is 26.3. The Morgan fingerprint density at radius 2 is 1.46 bits per heavy atom. The Morgan fingerprint density at radius 1 is 0.821 bits per heavy atom. The maximum atomic E-state index is 14.0. The molecule has 1 spiro atoms. The highest BCUT2D eigenvalue weighted by molar-refractivity contribution is 5.77. The molecule has 2 bridgehead atoms. The van der Waals surface area contributed by atoms with Gasteiger partial charge in [-0.25, -0.2) is 0 Å². The quantitative estimate of drug-likeness (QED) is 0.0436. The molecule has 0 aromatic heterocycles. The van der Waals surface area contributed by atoms with Crippen LogP contribution in [0.4, 0.5) is 0 Å². The van der Waals surface area contributed by atoms with Gasteiger partial charge in [0.2, 0.25) is 18.3 Å². The van der Waals surface area contributed by atoms with Crippen molar-refractivity contribution < 1.29 is 90.1 Å². The van der Waals surface area contributed by atoms with Crippen LogP contribution in [-0.4, -0.2) is 153 Å². The minimum atomic E-state index is -2.47. The molecular formula is C38H60O18. The van der Waals surface area contributed by atoms with E-state index in [1.54, 1.807) is 0 Å². The van der Waals surface area contributed by atoms with Gasteiger partial charge in [0.15, 0.2) is 17.3 Å². The molecule has 0 aromatic carbocycles. The summed E-state index contributed by atoms with van der Waals surface area (Å²) in [5, 5.41) is 133. The summed E-state index contributed by atoms with van der Waals surface area (Å²) in [5.74, 6) is -5.13. The normalized spacial score (nSPS) is 41.3. The zero-order chi connectivity index (χ0) is 41.5. The third-order valence-electron chi connectivity index (χ3n) is 13.6. The van der Waals surface area contributed by atoms with E-state index in [4.69, 9.17) is 24.1 Å². The van der Waals surface area contributed by atoms with Crippen molar-refractivity contribution in [2.75, 3.05) is 19.8 Å². The fraction of sp³-hybridized carbons (Fsp3) is 0.816. The van der Waals surface area contributed by atoms with Crippen LogP contribution < -0.4 is 0 Å². The average Bonchev–Trinajstić information content (AvgIpc) is 3.35. The lowest BCUT2D eigenvalue weighted by Crippen LogP contribution is -2.62. The Hall–Kier alpha value is -2.59. The lowest BCUT2D eigenvalue weighted by atomic mass is 9.41. The highest BCUT2D eigenvalue weighted by Gasteiger charge is 2.69. The van der Waals surface area contributed by atoms with Gasteiger partial charge in [0.05, 0.1) is 17.6 Å². The molecule has 18 nitrogen and oxygen atoms in total. The molecular weight excluding hydrogens is 744 g/mol. The number of hydrogen-bond donors (Lipinski definition) is 13. The summed E-state index contributed by atoms with van der Waals surface area (Å²) in [7, 11) is 0. The van der Waals surface area contributed by atoms with Crippen molar-refractivity contribution in [2.24, 2.45) is 28.1 Å². The molecule has 5 fully saturated rings. The molecule has 4 aliphatic carbocycles. The van der Waals surface area contributed by atoms with E-state index < -0.39 is 128 Å². The van der Waals surface area contributed by atoms with Gasteiger partial charge in [0, 0.05) is 26.1 Å². The fourth-order valence-corrected chi connectivity index (χ4v) is 10.8. The Morgan fingerprint density at radius 3 is 2.11 bits per heavy atom. The number of carbonyl (C=O) groups is 1. The zero-order valence-electron chi connectivity index (χ0n) is 31.8. The van der Waals surface area contributed by atoms with Crippen molar-refractivity contribution in [3.8, 4) is 0 Å². The summed E-state index contributed by atoms with van der Waals surface area (Å²) in [4.78, 5) is 14.0. The highest BCUT2D eigenvalue weighted by Crippen LogP contribution is 2.73. The number of aliphatic hydroxyl groups excluding tert-OH is 13. The zero-order valence-corrected chi connectivity index (χ0v) is 31.8. The van der Waals surface area contributed by atoms with E-state index in [1.807, 2.05) is 6.92 Å². The van der Waals surface area contributed by atoms with Crippen LogP contribution in [0.3, 0.4) is 0 Å². The van der Waals surface area contributed by atoms with Gasteiger partial charge in [0.25, 0.3) is 6.29 Å². The first-order valence-corrected chi connectivity index (χ1v) is 19.3. The van der Waals surface area contributed by atoms with Gasteiger partial charge in [-0.15, -0.1) is 0 Å². The SMILES string of the molecule is C=C1C[C@@]23CCC4[C@](C)(C(=O)OC5OC(CO)C(O)C(O)C5O)CCC[C@@]4(C)[C@@H]2CC[C@]1(OC(O)/C(O)=C(\OC(O)/C(O)=C(\O)C(O)CCO)C(O)CCO)C3. The molecule has 13 N–H and O–H groups in total. The number of esters is 1. The van der Waals surface area contributed by atoms with Gasteiger partial charge in [0.1, 0.15) is 36.6 Å². The van der Waals surface area contributed by atoms with E-state index in [2.05, 4.69) is 13.5 Å². The van der Waals surface area contributed by atoms with Gasteiger partial charge in [-0.2, -0.15) is 0 Å². The van der Waals surface area contributed by atoms with Crippen LogP contribution in [0.15, 0.2) is 35.2 Å². The molecule has 1 heterocycles. The maximum absolute atomic E-state index is 14.0. The van der Waals surface area contributed by atoms with Crippen LogP contribution in [0, 0.1) is 28.1 Å². The van der Waals surface area contributed by atoms with Crippen molar-refractivity contribution in [3.63, 3.8) is 0 Å². The predicted molar refractivity (Wildman–Crippen MR) is 190 cm³/mol. The summed E-state index contributed by atoms with van der Waals surface area (Å²) in [5.41, 5.74) is -2.23. The average molecular weight is 805 g/mol. The van der Waals surface area contributed by atoms with Crippen molar-refractivity contribution in [2.45, 2.75) is 146 Å². The van der Waals surface area contributed by atoms with Crippen LogP contribution in [0.5, 0.6) is 0 Å². The molecule has 15 atom stereocenters. The number of rotatable bonds is 15. The van der Waals surface area contributed by atoms with E-state index in [0.717, 1.165) is 6.42 Å². The number of fused-ring (bicyclic) bond motifs is 3. The molecule has 1 aliphatic heterocycles. The molecule has 5 aliphatic rings. The lowest BCUT2D eigenvalue weighted by molar-refractivity contribution is -0.298. The highest BCUT2D eigenvalue weighted by atomic mass is 16.7. The van der Waals surface area contributed by atoms with Crippen LogP contribution in [0.1, 0.15) is 84.5 Å². The van der Waals surface area contributed by atoms with Crippen molar-refractivity contribution in [1.29, 1.82) is 0 Å². The first-order valence-electron chi connectivity index (χ1n) is 19.3. The lowest BCUT2D eigenvalue weighted by Gasteiger charge is -2.64. The molecule has 10 unspecified atom stereocenters.